The average molecular weight is 695 g/mol. The van der Waals surface area contributed by atoms with E-state index in [-0.39, 0.29) is 0 Å². The van der Waals surface area contributed by atoms with Crippen molar-refractivity contribution in [3.8, 4) is 23.0 Å². The number of hydrogen-bond acceptors (Lipinski definition) is 4. The third-order valence-corrected chi connectivity index (χ3v) is 10.8. The zero-order valence-corrected chi connectivity index (χ0v) is 33.7. The van der Waals surface area contributed by atoms with E-state index >= 15 is 0 Å². The number of rotatable bonds is 33. The summed E-state index contributed by atoms with van der Waals surface area (Å²) in [7, 11) is 7.06. The molecule has 0 radical (unpaired) electrons. The molecule has 0 saturated carbocycles. The minimum atomic E-state index is 0.592. The van der Waals surface area contributed by atoms with Crippen LogP contribution >= 0.6 is 0 Å². The van der Waals surface area contributed by atoms with Crippen LogP contribution in [-0.2, 0) is 12.8 Å². The summed E-state index contributed by atoms with van der Waals surface area (Å²) < 4.78 is 23.0. The second kappa shape index (κ2) is 29.2. The lowest BCUT2D eigenvalue weighted by Crippen LogP contribution is -2.07. The van der Waals surface area contributed by atoms with E-state index in [2.05, 4.69) is 38.1 Å². The highest BCUT2D eigenvalue weighted by Gasteiger charge is 2.21. The minimum absolute atomic E-state index is 0.592. The molecule has 2 aromatic rings. The lowest BCUT2D eigenvalue weighted by molar-refractivity contribution is 0.349. The Hall–Kier alpha value is -2.36. The van der Waals surface area contributed by atoms with Crippen molar-refractivity contribution in [2.24, 2.45) is 0 Å². The van der Waals surface area contributed by atoms with E-state index in [0.717, 1.165) is 35.8 Å². The van der Waals surface area contributed by atoms with Crippen LogP contribution in [0.25, 0.3) is 0 Å². The molecule has 0 amide bonds. The highest BCUT2D eigenvalue weighted by molar-refractivity contribution is 5.52. The van der Waals surface area contributed by atoms with Gasteiger partial charge in [-0.1, -0.05) is 167 Å². The molecule has 0 unspecified atom stereocenters. The van der Waals surface area contributed by atoms with Gasteiger partial charge < -0.3 is 18.9 Å². The van der Waals surface area contributed by atoms with Gasteiger partial charge in [0, 0.05) is 5.56 Å². The number of para-hydroxylation sites is 1. The van der Waals surface area contributed by atoms with Gasteiger partial charge in [0.2, 0.25) is 0 Å². The molecule has 50 heavy (non-hydrogen) atoms. The standard InChI is InChI=1S/C46H78O4/c1-7-9-11-13-14-15-16-17-18-19-20-25-29-35-42-41(37-38-44(48-4)46(42)50-6)39(31-26-22-12-10-8-2)32-27-23-21-24-28-33-40-34-30-36-43(47-3)45(40)49-5/h30,34,36-39H,7-29,31-33,35H2,1-6H3/t39-/m1/s1. The first-order valence-electron chi connectivity index (χ1n) is 21.1. The van der Waals surface area contributed by atoms with Gasteiger partial charge in [-0.25, -0.2) is 0 Å². The normalized spacial score (nSPS) is 11.9. The van der Waals surface area contributed by atoms with Gasteiger partial charge in [0.15, 0.2) is 23.0 Å². The maximum absolute atomic E-state index is 6.08. The van der Waals surface area contributed by atoms with Gasteiger partial charge in [0.05, 0.1) is 28.4 Å². The quantitative estimate of drug-likeness (QED) is 0.0697. The van der Waals surface area contributed by atoms with Crippen LogP contribution in [0.1, 0.15) is 197 Å². The predicted octanol–water partition coefficient (Wildman–Crippen LogP) is 14.4. The number of unbranched alkanes of at least 4 members (excludes halogenated alkanes) is 20. The zero-order chi connectivity index (χ0) is 36.1. The molecule has 2 aromatic carbocycles. The molecule has 0 bridgehead atoms. The van der Waals surface area contributed by atoms with Crippen LogP contribution in [0.3, 0.4) is 0 Å². The topological polar surface area (TPSA) is 36.9 Å². The van der Waals surface area contributed by atoms with Crippen molar-refractivity contribution in [1.29, 1.82) is 0 Å². The van der Waals surface area contributed by atoms with Crippen LogP contribution in [-0.4, -0.2) is 28.4 Å². The average Bonchev–Trinajstić information content (AvgIpc) is 3.14. The van der Waals surface area contributed by atoms with Crippen molar-refractivity contribution < 1.29 is 18.9 Å². The fraction of sp³-hybridized carbons (Fsp3) is 0.739. The number of aryl methyl sites for hydroxylation is 1. The molecule has 0 aliphatic carbocycles. The van der Waals surface area contributed by atoms with Crippen LogP contribution < -0.4 is 18.9 Å². The molecule has 2 rings (SSSR count). The molecule has 4 heteroatoms. The van der Waals surface area contributed by atoms with Gasteiger partial charge in [0.1, 0.15) is 0 Å². The molecule has 0 heterocycles. The number of ether oxygens (including phenoxy) is 4. The molecule has 4 nitrogen and oxygen atoms in total. The van der Waals surface area contributed by atoms with Crippen molar-refractivity contribution in [2.75, 3.05) is 28.4 Å². The van der Waals surface area contributed by atoms with Crippen molar-refractivity contribution in [3.63, 3.8) is 0 Å². The molecule has 0 spiro atoms. The van der Waals surface area contributed by atoms with Gasteiger partial charge in [-0.15, -0.1) is 0 Å². The molecule has 0 aliphatic rings. The lowest BCUT2D eigenvalue weighted by Gasteiger charge is -2.24. The van der Waals surface area contributed by atoms with E-state index in [1.807, 2.05) is 13.2 Å². The predicted molar refractivity (Wildman–Crippen MR) is 216 cm³/mol. The summed E-state index contributed by atoms with van der Waals surface area (Å²) in [5, 5.41) is 0. The van der Waals surface area contributed by atoms with Crippen LogP contribution in [0.4, 0.5) is 0 Å². The fourth-order valence-corrected chi connectivity index (χ4v) is 7.80. The summed E-state index contributed by atoms with van der Waals surface area (Å²) in [6, 6.07) is 10.8. The molecule has 0 N–H and O–H groups in total. The summed E-state index contributed by atoms with van der Waals surface area (Å²) >= 11 is 0. The van der Waals surface area contributed by atoms with Gasteiger partial charge >= 0.3 is 0 Å². The van der Waals surface area contributed by atoms with Crippen LogP contribution in [0.2, 0.25) is 0 Å². The van der Waals surface area contributed by atoms with Crippen LogP contribution in [0.15, 0.2) is 30.3 Å². The first kappa shape index (κ1) is 43.8. The van der Waals surface area contributed by atoms with E-state index in [1.54, 1.807) is 21.3 Å². The summed E-state index contributed by atoms with van der Waals surface area (Å²) in [5.74, 6) is 4.17. The number of methoxy groups -OCH3 is 4. The fourth-order valence-electron chi connectivity index (χ4n) is 7.80. The lowest BCUT2D eigenvalue weighted by atomic mass is 9.83. The van der Waals surface area contributed by atoms with Gasteiger partial charge in [-0.2, -0.15) is 0 Å². The van der Waals surface area contributed by atoms with Crippen molar-refractivity contribution in [3.05, 3.63) is 47.0 Å². The minimum Gasteiger partial charge on any atom is -0.493 e. The Morgan fingerprint density at radius 2 is 0.860 bits per heavy atom. The van der Waals surface area contributed by atoms with Crippen molar-refractivity contribution in [1.82, 2.24) is 0 Å². The Bertz CT molecular complexity index is 1100. The number of benzene rings is 2. The Morgan fingerprint density at radius 1 is 0.420 bits per heavy atom. The molecule has 0 aromatic heterocycles. The third-order valence-electron chi connectivity index (χ3n) is 10.8. The van der Waals surface area contributed by atoms with Gasteiger partial charge in [0.25, 0.3) is 0 Å². The molecule has 0 aliphatic heterocycles. The highest BCUT2D eigenvalue weighted by atomic mass is 16.5. The SMILES string of the molecule is CCCCCCCCCCCCCCCc1c([C@H](CCCCCCC)CCCCCCCc2cccc(OC)c2OC)ccc(OC)c1OC. The summed E-state index contributed by atoms with van der Waals surface area (Å²) in [6.07, 6.45) is 35.6. The molecule has 0 saturated heterocycles. The Labute approximate surface area is 309 Å². The van der Waals surface area contributed by atoms with E-state index in [9.17, 15) is 0 Å². The largest absolute Gasteiger partial charge is 0.493 e. The highest BCUT2D eigenvalue weighted by Crippen LogP contribution is 2.41. The first-order chi connectivity index (χ1) is 24.6. The monoisotopic (exact) mass is 695 g/mol. The smallest absolute Gasteiger partial charge is 0.164 e. The third kappa shape index (κ3) is 17.2. The maximum Gasteiger partial charge on any atom is 0.164 e. The number of hydrogen-bond donors (Lipinski definition) is 0. The second-order valence-electron chi connectivity index (χ2n) is 14.7. The molecular formula is C46H78O4. The van der Waals surface area contributed by atoms with E-state index < -0.39 is 0 Å². The van der Waals surface area contributed by atoms with E-state index in [4.69, 9.17) is 18.9 Å². The Balaban J connectivity index is 1.92. The second-order valence-corrected chi connectivity index (χ2v) is 14.7. The summed E-state index contributed by atoms with van der Waals surface area (Å²) in [4.78, 5) is 0. The molecule has 286 valence electrons. The molecule has 1 atom stereocenters. The summed E-state index contributed by atoms with van der Waals surface area (Å²) in [5.41, 5.74) is 4.20. The first-order valence-corrected chi connectivity index (χ1v) is 21.1. The van der Waals surface area contributed by atoms with Crippen molar-refractivity contribution >= 4 is 0 Å². The van der Waals surface area contributed by atoms with E-state index in [1.165, 1.54) is 177 Å². The Morgan fingerprint density at radius 3 is 1.34 bits per heavy atom. The Kier molecular flexibility index (Phi) is 25.6. The van der Waals surface area contributed by atoms with E-state index in [0.29, 0.717) is 5.92 Å². The summed E-state index contributed by atoms with van der Waals surface area (Å²) in [6.45, 7) is 4.61. The van der Waals surface area contributed by atoms with Crippen LogP contribution in [0, 0.1) is 0 Å². The van der Waals surface area contributed by atoms with Crippen LogP contribution in [0.5, 0.6) is 23.0 Å². The van der Waals surface area contributed by atoms with Gasteiger partial charge in [-0.05, 0) is 67.7 Å². The maximum atomic E-state index is 6.08. The van der Waals surface area contributed by atoms with Crippen molar-refractivity contribution in [2.45, 2.75) is 193 Å². The zero-order valence-electron chi connectivity index (χ0n) is 33.7. The molecule has 0 fully saturated rings. The molecular weight excluding hydrogens is 617 g/mol. The van der Waals surface area contributed by atoms with Gasteiger partial charge in [-0.3, -0.25) is 0 Å².